The van der Waals surface area contributed by atoms with Gasteiger partial charge in [0.25, 0.3) is 0 Å². The van der Waals surface area contributed by atoms with E-state index in [9.17, 15) is 0 Å². The van der Waals surface area contributed by atoms with Crippen molar-refractivity contribution in [2.24, 2.45) is 7.05 Å². The van der Waals surface area contributed by atoms with Crippen LogP contribution in [0.5, 0.6) is 0 Å². The summed E-state index contributed by atoms with van der Waals surface area (Å²) in [5.41, 5.74) is 1.62. The molecule has 2 rings (SSSR count). The van der Waals surface area contributed by atoms with Crippen molar-refractivity contribution in [2.45, 2.75) is 45.2 Å². The quantitative estimate of drug-likeness (QED) is 0.884. The first-order valence-corrected chi connectivity index (χ1v) is 7.12. The molecule has 1 aliphatic rings. The van der Waals surface area contributed by atoms with Gasteiger partial charge >= 0.3 is 0 Å². The molecule has 1 aromatic rings. The lowest BCUT2D eigenvalue weighted by Gasteiger charge is -2.35. The average Bonchev–Trinajstić information content (AvgIpc) is 2.66. The third-order valence-corrected chi connectivity index (χ3v) is 4.20. The van der Waals surface area contributed by atoms with Crippen LogP contribution in [0.4, 0.5) is 0 Å². The van der Waals surface area contributed by atoms with Gasteiger partial charge < -0.3 is 5.32 Å². The molecule has 0 aromatic carbocycles. The van der Waals surface area contributed by atoms with Gasteiger partial charge in [0.05, 0.1) is 6.20 Å². The number of rotatable bonds is 4. The lowest BCUT2D eigenvalue weighted by Crippen LogP contribution is -2.50. The van der Waals surface area contributed by atoms with Crippen LogP contribution >= 0.6 is 0 Å². The highest BCUT2D eigenvalue weighted by atomic mass is 15.2. The molecular weight excluding hydrogens is 224 g/mol. The Hall–Kier alpha value is -0.870. The zero-order valence-corrected chi connectivity index (χ0v) is 11.9. The van der Waals surface area contributed by atoms with Gasteiger partial charge in [0.1, 0.15) is 0 Å². The summed E-state index contributed by atoms with van der Waals surface area (Å²) < 4.78 is 1.89. The molecule has 0 amide bonds. The largest absolute Gasteiger partial charge is 0.310 e. The van der Waals surface area contributed by atoms with Gasteiger partial charge in [-0.3, -0.25) is 9.58 Å². The molecule has 4 heteroatoms. The maximum Gasteiger partial charge on any atom is 0.0534 e. The Balaban J connectivity index is 2.03. The molecule has 0 radical (unpaired) electrons. The average molecular weight is 250 g/mol. The summed E-state index contributed by atoms with van der Waals surface area (Å²) in [7, 11) is 1.98. The fraction of sp³-hybridized carbons (Fsp3) is 0.786. The van der Waals surface area contributed by atoms with E-state index in [4.69, 9.17) is 0 Å². The van der Waals surface area contributed by atoms with Crippen molar-refractivity contribution < 1.29 is 0 Å². The van der Waals surface area contributed by atoms with Crippen molar-refractivity contribution in [2.75, 3.05) is 19.6 Å². The Morgan fingerprint density at radius 3 is 2.78 bits per heavy atom. The molecule has 1 saturated heterocycles. The number of hydrogen-bond donors (Lipinski definition) is 1. The molecule has 0 saturated carbocycles. The Bertz CT molecular complexity index is 368. The van der Waals surface area contributed by atoms with Crippen LogP contribution in [0.15, 0.2) is 12.4 Å². The van der Waals surface area contributed by atoms with Crippen molar-refractivity contribution in [3.8, 4) is 0 Å². The molecule has 0 unspecified atom stereocenters. The minimum atomic E-state index is 0.304. The Morgan fingerprint density at radius 1 is 1.39 bits per heavy atom. The molecule has 2 heterocycles. The third kappa shape index (κ3) is 3.12. The Kier molecular flexibility index (Phi) is 4.40. The van der Waals surface area contributed by atoms with E-state index in [1.807, 2.05) is 17.9 Å². The summed E-state index contributed by atoms with van der Waals surface area (Å²) in [6.45, 7) is 9.09. The summed E-state index contributed by atoms with van der Waals surface area (Å²) in [5.74, 6) is 0. The normalized spacial score (nSPS) is 20.8. The van der Waals surface area contributed by atoms with Gasteiger partial charge in [0, 0.05) is 37.4 Å². The van der Waals surface area contributed by atoms with Gasteiger partial charge in [-0.05, 0) is 32.4 Å². The summed E-state index contributed by atoms with van der Waals surface area (Å²) in [5, 5.41) is 8.01. The molecule has 0 spiro atoms. The second-order valence-electron chi connectivity index (χ2n) is 5.50. The van der Waals surface area contributed by atoms with Gasteiger partial charge in [-0.2, -0.15) is 5.10 Å². The standard InChI is InChI=1S/C14H26N4/c1-4-14(5-2)12-18(8-6-7-15-14)11-13-9-16-17(3)10-13/h9-10,15H,4-8,11-12H2,1-3H3. The number of aromatic nitrogens is 2. The van der Waals surface area contributed by atoms with E-state index in [1.165, 1.54) is 31.4 Å². The molecular formula is C14H26N4. The first kappa shape index (κ1) is 13.6. The monoisotopic (exact) mass is 250 g/mol. The smallest absolute Gasteiger partial charge is 0.0534 e. The summed E-state index contributed by atoms with van der Waals surface area (Å²) in [6, 6.07) is 0. The zero-order valence-electron chi connectivity index (χ0n) is 11.9. The summed E-state index contributed by atoms with van der Waals surface area (Å²) in [4.78, 5) is 2.57. The number of nitrogens with one attached hydrogen (secondary N) is 1. The highest BCUT2D eigenvalue weighted by Crippen LogP contribution is 2.20. The Labute approximate surface area is 110 Å². The highest BCUT2D eigenvalue weighted by molar-refractivity contribution is 5.04. The van der Waals surface area contributed by atoms with Crippen molar-refractivity contribution in [1.82, 2.24) is 20.0 Å². The van der Waals surface area contributed by atoms with Crippen molar-refractivity contribution in [3.63, 3.8) is 0 Å². The maximum atomic E-state index is 4.26. The Morgan fingerprint density at radius 2 is 2.17 bits per heavy atom. The topological polar surface area (TPSA) is 33.1 Å². The number of aryl methyl sites for hydroxylation is 1. The molecule has 1 aliphatic heterocycles. The first-order valence-electron chi connectivity index (χ1n) is 7.12. The fourth-order valence-electron chi connectivity index (χ4n) is 2.89. The maximum absolute atomic E-state index is 4.26. The van der Waals surface area contributed by atoms with E-state index in [0.717, 1.165) is 19.6 Å². The van der Waals surface area contributed by atoms with Crippen LogP contribution in [0.1, 0.15) is 38.7 Å². The zero-order chi connectivity index (χ0) is 13.0. The molecule has 1 N–H and O–H groups in total. The molecule has 1 aromatic heterocycles. The third-order valence-electron chi connectivity index (χ3n) is 4.20. The van der Waals surface area contributed by atoms with Gasteiger partial charge in [-0.25, -0.2) is 0 Å². The molecule has 4 nitrogen and oxygen atoms in total. The van der Waals surface area contributed by atoms with Crippen LogP contribution in [0, 0.1) is 0 Å². The summed E-state index contributed by atoms with van der Waals surface area (Å²) in [6.07, 6.45) is 7.75. The van der Waals surface area contributed by atoms with Crippen molar-refractivity contribution in [1.29, 1.82) is 0 Å². The molecule has 18 heavy (non-hydrogen) atoms. The fourth-order valence-corrected chi connectivity index (χ4v) is 2.89. The lowest BCUT2D eigenvalue weighted by molar-refractivity contribution is 0.191. The minimum Gasteiger partial charge on any atom is -0.310 e. The lowest BCUT2D eigenvalue weighted by atomic mass is 9.92. The SMILES string of the molecule is CCC1(CC)CN(Cc2cnn(C)c2)CCCN1. The van der Waals surface area contributed by atoms with E-state index in [-0.39, 0.29) is 0 Å². The molecule has 0 atom stereocenters. The summed E-state index contributed by atoms with van der Waals surface area (Å²) >= 11 is 0. The molecule has 102 valence electrons. The predicted octanol–water partition coefficient (Wildman–Crippen LogP) is 1.77. The van der Waals surface area contributed by atoms with Crippen LogP contribution in [-0.2, 0) is 13.6 Å². The number of nitrogens with zero attached hydrogens (tertiary/aromatic N) is 3. The molecule has 0 bridgehead atoms. The van der Waals surface area contributed by atoms with E-state index >= 15 is 0 Å². The first-order chi connectivity index (χ1) is 8.67. The molecule has 0 aliphatic carbocycles. The minimum absolute atomic E-state index is 0.304. The van der Waals surface area contributed by atoms with Crippen LogP contribution in [0.2, 0.25) is 0 Å². The van der Waals surface area contributed by atoms with Crippen LogP contribution in [0.3, 0.4) is 0 Å². The second-order valence-corrected chi connectivity index (χ2v) is 5.50. The number of hydrogen-bond acceptors (Lipinski definition) is 3. The molecule has 1 fully saturated rings. The van der Waals surface area contributed by atoms with Crippen LogP contribution in [-0.4, -0.2) is 39.9 Å². The van der Waals surface area contributed by atoms with E-state index in [2.05, 4.69) is 35.4 Å². The van der Waals surface area contributed by atoms with Crippen molar-refractivity contribution in [3.05, 3.63) is 18.0 Å². The second kappa shape index (κ2) is 5.85. The van der Waals surface area contributed by atoms with E-state index in [0.29, 0.717) is 5.54 Å². The van der Waals surface area contributed by atoms with Gasteiger partial charge in [0.15, 0.2) is 0 Å². The highest BCUT2D eigenvalue weighted by Gasteiger charge is 2.30. The van der Waals surface area contributed by atoms with Crippen molar-refractivity contribution >= 4 is 0 Å². The van der Waals surface area contributed by atoms with Crippen LogP contribution in [0.25, 0.3) is 0 Å². The van der Waals surface area contributed by atoms with Crippen LogP contribution < -0.4 is 5.32 Å². The van der Waals surface area contributed by atoms with Gasteiger partial charge in [-0.1, -0.05) is 13.8 Å². The van der Waals surface area contributed by atoms with Gasteiger partial charge in [0.2, 0.25) is 0 Å². The van der Waals surface area contributed by atoms with Gasteiger partial charge in [-0.15, -0.1) is 0 Å². The van der Waals surface area contributed by atoms with E-state index in [1.54, 1.807) is 0 Å². The van der Waals surface area contributed by atoms with E-state index < -0.39 is 0 Å². The predicted molar refractivity (Wildman–Crippen MR) is 74.4 cm³/mol.